The van der Waals surface area contributed by atoms with E-state index >= 15 is 0 Å². The highest BCUT2D eigenvalue weighted by molar-refractivity contribution is 9.08. The molecular weight excluding hydrogens is 391 g/mol. The first-order valence-electron chi connectivity index (χ1n) is 7.67. The molecule has 4 nitrogen and oxygen atoms in total. The molecule has 0 unspecified atom stereocenters. The lowest BCUT2D eigenvalue weighted by Gasteiger charge is -2.33. The number of nitriles is 1. The average Bonchev–Trinajstić information content (AvgIpc) is 2.63. The van der Waals surface area contributed by atoms with Crippen molar-refractivity contribution in [3.8, 4) is 6.07 Å². The van der Waals surface area contributed by atoms with Gasteiger partial charge in [-0.2, -0.15) is 5.26 Å². The van der Waals surface area contributed by atoms with Gasteiger partial charge in [-0.05, 0) is 36.6 Å². The standard InChI is InChI=1S/C17H16BrFN4S/c18-8-13-10-21-17(22-11-13)24-14-3-5-23(6-4-14)16-2-1-12(9-20)7-15(16)19/h1-2,7,10-11,14H,3-6,8H2. The third kappa shape index (κ3) is 4.05. The Bertz CT molecular complexity index is 739. The summed E-state index contributed by atoms with van der Waals surface area (Å²) in [6.07, 6.45) is 5.58. The molecule has 1 aromatic carbocycles. The van der Waals surface area contributed by atoms with Gasteiger partial charge in [-0.1, -0.05) is 27.7 Å². The van der Waals surface area contributed by atoms with Gasteiger partial charge < -0.3 is 4.90 Å². The van der Waals surface area contributed by atoms with Gasteiger partial charge in [0.2, 0.25) is 0 Å². The van der Waals surface area contributed by atoms with Gasteiger partial charge >= 0.3 is 0 Å². The summed E-state index contributed by atoms with van der Waals surface area (Å²) in [5.74, 6) is -0.325. The topological polar surface area (TPSA) is 52.8 Å². The molecule has 24 heavy (non-hydrogen) atoms. The van der Waals surface area contributed by atoms with Crippen molar-refractivity contribution in [2.45, 2.75) is 28.6 Å². The Labute approximate surface area is 153 Å². The minimum Gasteiger partial charge on any atom is -0.369 e. The number of hydrogen-bond acceptors (Lipinski definition) is 5. The summed E-state index contributed by atoms with van der Waals surface area (Å²) in [6.45, 7) is 1.58. The molecular formula is C17H16BrFN4S. The van der Waals surface area contributed by atoms with E-state index in [9.17, 15) is 4.39 Å². The molecule has 0 N–H and O–H groups in total. The number of aromatic nitrogens is 2. The molecule has 3 rings (SSSR count). The fourth-order valence-electron chi connectivity index (χ4n) is 2.67. The minimum atomic E-state index is -0.325. The van der Waals surface area contributed by atoms with Crippen LogP contribution in [-0.4, -0.2) is 28.3 Å². The molecule has 124 valence electrons. The van der Waals surface area contributed by atoms with Crippen LogP contribution in [0.25, 0.3) is 0 Å². The quantitative estimate of drug-likeness (QED) is 0.563. The van der Waals surface area contributed by atoms with E-state index in [0.717, 1.165) is 42.0 Å². The van der Waals surface area contributed by atoms with Crippen LogP contribution < -0.4 is 4.90 Å². The van der Waals surface area contributed by atoms with E-state index in [1.54, 1.807) is 23.9 Å². The Hall–Kier alpha value is -1.65. The van der Waals surface area contributed by atoms with Crippen molar-refractivity contribution in [3.63, 3.8) is 0 Å². The van der Waals surface area contributed by atoms with E-state index in [-0.39, 0.29) is 5.82 Å². The highest BCUT2D eigenvalue weighted by atomic mass is 79.9. The fourth-order valence-corrected chi connectivity index (χ4v) is 3.93. The zero-order valence-corrected chi connectivity index (χ0v) is 15.4. The molecule has 0 amide bonds. The Morgan fingerprint density at radius 2 is 2.00 bits per heavy atom. The molecule has 0 radical (unpaired) electrons. The van der Waals surface area contributed by atoms with Crippen molar-refractivity contribution in [1.29, 1.82) is 5.26 Å². The van der Waals surface area contributed by atoms with Crippen LogP contribution in [0.15, 0.2) is 35.7 Å². The first kappa shape index (κ1) is 17.2. The Morgan fingerprint density at radius 1 is 1.29 bits per heavy atom. The summed E-state index contributed by atoms with van der Waals surface area (Å²) in [5, 5.41) is 10.8. The average molecular weight is 407 g/mol. The predicted octanol–water partition coefficient (Wildman–Crippen LogP) is 4.14. The molecule has 0 bridgehead atoms. The van der Waals surface area contributed by atoms with Crippen molar-refractivity contribution in [2.75, 3.05) is 18.0 Å². The van der Waals surface area contributed by atoms with Gasteiger partial charge in [0.1, 0.15) is 5.82 Å². The predicted molar refractivity (Wildman–Crippen MR) is 96.9 cm³/mol. The Kier molecular flexibility index (Phi) is 5.69. The van der Waals surface area contributed by atoms with Crippen LogP contribution in [0.1, 0.15) is 24.0 Å². The number of nitrogens with zero attached hydrogens (tertiary/aromatic N) is 4. The summed E-state index contributed by atoms with van der Waals surface area (Å²) in [4.78, 5) is 10.8. The Morgan fingerprint density at radius 3 is 2.58 bits per heavy atom. The smallest absolute Gasteiger partial charge is 0.187 e. The largest absolute Gasteiger partial charge is 0.369 e. The molecule has 1 saturated heterocycles. The first-order chi connectivity index (χ1) is 11.7. The van der Waals surface area contributed by atoms with Crippen LogP contribution in [0, 0.1) is 17.1 Å². The fraction of sp³-hybridized carbons (Fsp3) is 0.353. The van der Waals surface area contributed by atoms with Gasteiger partial charge in [0.05, 0.1) is 17.3 Å². The van der Waals surface area contributed by atoms with Crippen LogP contribution in [0.4, 0.5) is 10.1 Å². The van der Waals surface area contributed by atoms with Crippen LogP contribution >= 0.6 is 27.7 Å². The molecule has 0 atom stereocenters. The second-order valence-corrected chi connectivity index (χ2v) is 7.42. The van der Waals surface area contributed by atoms with Crippen molar-refractivity contribution < 1.29 is 4.39 Å². The Balaban J connectivity index is 1.58. The van der Waals surface area contributed by atoms with Crippen molar-refractivity contribution in [3.05, 3.63) is 47.5 Å². The normalized spacial score (nSPS) is 15.3. The van der Waals surface area contributed by atoms with Crippen molar-refractivity contribution in [1.82, 2.24) is 9.97 Å². The molecule has 0 spiro atoms. The van der Waals surface area contributed by atoms with Gasteiger partial charge in [0.25, 0.3) is 0 Å². The van der Waals surface area contributed by atoms with Crippen LogP contribution in [0.2, 0.25) is 0 Å². The third-order valence-electron chi connectivity index (χ3n) is 3.97. The summed E-state index contributed by atoms with van der Waals surface area (Å²) in [7, 11) is 0. The number of alkyl halides is 1. The lowest BCUT2D eigenvalue weighted by atomic mass is 10.1. The van der Waals surface area contributed by atoms with Crippen molar-refractivity contribution in [2.24, 2.45) is 0 Å². The third-order valence-corrected chi connectivity index (χ3v) is 5.84. The molecule has 1 aliphatic rings. The molecule has 0 aliphatic carbocycles. The van der Waals surface area contributed by atoms with Crippen molar-refractivity contribution >= 4 is 33.4 Å². The number of anilines is 1. The minimum absolute atomic E-state index is 0.325. The highest BCUT2D eigenvalue weighted by Gasteiger charge is 2.23. The number of rotatable bonds is 4. The monoisotopic (exact) mass is 406 g/mol. The summed E-state index contributed by atoms with van der Waals surface area (Å²) < 4.78 is 14.1. The number of piperidine rings is 1. The van der Waals surface area contributed by atoms with Gasteiger partial charge in [-0.15, -0.1) is 0 Å². The molecule has 0 saturated carbocycles. The van der Waals surface area contributed by atoms with E-state index in [1.807, 2.05) is 23.4 Å². The number of benzene rings is 1. The van der Waals surface area contributed by atoms with E-state index < -0.39 is 0 Å². The lowest BCUT2D eigenvalue weighted by molar-refractivity contribution is 0.565. The van der Waals surface area contributed by atoms with Crippen LogP contribution in [0.3, 0.4) is 0 Å². The van der Waals surface area contributed by atoms with Gasteiger partial charge in [0, 0.05) is 36.1 Å². The van der Waals surface area contributed by atoms with E-state index in [2.05, 4.69) is 25.9 Å². The molecule has 1 aliphatic heterocycles. The van der Waals surface area contributed by atoms with E-state index in [4.69, 9.17) is 5.26 Å². The van der Waals surface area contributed by atoms with Gasteiger partial charge in [-0.25, -0.2) is 14.4 Å². The molecule has 7 heteroatoms. The van der Waals surface area contributed by atoms with Gasteiger partial charge in [-0.3, -0.25) is 0 Å². The highest BCUT2D eigenvalue weighted by Crippen LogP contribution is 2.31. The summed E-state index contributed by atoms with van der Waals surface area (Å²) in [5.41, 5.74) is 1.99. The molecule has 2 aromatic rings. The SMILES string of the molecule is N#Cc1ccc(N2CCC(Sc3ncc(CBr)cn3)CC2)c(F)c1. The maximum atomic E-state index is 14.1. The van der Waals surface area contributed by atoms with Crippen LogP contribution in [-0.2, 0) is 5.33 Å². The van der Waals surface area contributed by atoms with Gasteiger partial charge in [0.15, 0.2) is 5.16 Å². The summed E-state index contributed by atoms with van der Waals surface area (Å²) >= 11 is 5.07. The van der Waals surface area contributed by atoms with Crippen LogP contribution in [0.5, 0.6) is 0 Å². The second kappa shape index (κ2) is 7.95. The van der Waals surface area contributed by atoms with E-state index in [1.165, 1.54) is 6.07 Å². The molecule has 1 aromatic heterocycles. The number of thioether (sulfide) groups is 1. The summed E-state index contributed by atoms with van der Waals surface area (Å²) in [6, 6.07) is 6.63. The zero-order chi connectivity index (χ0) is 16.9. The number of hydrogen-bond donors (Lipinski definition) is 0. The molecule has 1 fully saturated rings. The second-order valence-electron chi connectivity index (χ2n) is 5.59. The van der Waals surface area contributed by atoms with E-state index in [0.29, 0.717) is 16.5 Å². The maximum absolute atomic E-state index is 14.1. The maximum Gasteiger partial charge on any atom is 0.187 e. The first-order valence-corrected chi connectivity index (χ1v) is 9.68. The number of halogens is 2. The lowest BCUT2D eigenvalue weighted by Crippen LogP contribution is -2.35. The molecule has 2 heterocycles. The zero-order valence-electron chi connectivity index (χ0n) is 13.0.